The topological polar surface area (TPSA) is 94.9 Å². The third-order valence-electron chi connectivity index (χ3n) is 6.89. The highest BCUT2D eigenvalue weighted by Crippen LogP contribution is 2.44. The molecule has 3 N–H and O–H groups in total. The van der Waals surface area contributed by atoms with E-state index in [1.165, 1.54) is 16.0 Å². The van der Waals surface area contributed by atoms with Gasteiger partial charge in [0, 0.05) is 61.4 Å². The summed E-state index contributed by atoms with van der Waals surface area (Å²) in [6.07, 6.45) is 2.87. The molecule has 1 saturated heterocycles. The number of fused-ring (bicyclic) bond motifs is 2. The lowest BCUT2D eigenvalue weighted by atomic mass is 9.97. The van der Waals surface area contributed by atoms with Crippen LogP contribution in [0.5, 0.6) is 5.75 Å². The van der Waals surface area contributed by atoms with E-state index in [0.717, 1.165) is 50.2 Å². The Morgan fingerprint density at radius 2 is 1.94 bits per heavy atom. The van der Waals surface area contributed by atoms with Crippen LogP contribution >= 0.6 is 0 Å². The number of amides is 2. The van der Waals surface area contributed by atoms with Crippen LogP contribution in [0.1, 0.15) is 17.9 Å². The molecule has 172 valence electrons. The maximum absolute atomic E-state index is 12.4. The number of nitrogens with zero attached hydrogens (tertiary/aromatic N) is 3. The van der Waals surface area contributed by atoms with Gasteiger partial charge in [0.25, 0.3) is 0 Å². The summed E-state index contributed by atoms with van der Waals surface area (Å²) in [5.74, 6) is -0.886. The van der Waals surface area contributed by atoms with Crippen molar-refractivity contribution in [1.29, 1.82) is 0 Å². The Hall–Kier alpha value is -3.52. The summed E-state index contributed by atoms with van der Waals surface area (Å²) in [6.45, 7) is 5.34. The number of carbonyl (C=O) groups excluding carboxylic acids is 2. The summed E-state index contributed by atoms with van der Waals surface area (Å²) < 4.78 is 5.47. The molecule has 8 heteroatoms. The molecular formula is C25H29N5O3. The number of para-hydroxylation sites is 1. The largest absolute Gasteiger partial charge is 0.495 e. The Labute approximate surface area is 192 Å². The molecule has 2 aromatic carbocycles. The van der Waals surface area contributed by atoms with Crippen molar-refractivity contribution in [3.63, 3.8) is 0 Å². The van der Waals surface area contributed by atoms with Gasteiger partial charge in [0.2, 0.25) is 0 Å². The summed E-state index contributed by atoms with van der Waals surface area (Å²) in [7, 11) is 1.57. The zero-order chi connectivity index (χ0) is 22.9. The van der Waals surface area contributed by atoms with E-state index in [2.05, 4.69) is 39.0 Å². The molecule has 1 atom stereocenters. The molecule has 0 radical (unpaired) electrons. The van der Waals surface area contributed by atoms with Crippen molar-refractivity contribution in [1.82, 2.24) is 9.88 Å². The monoisotopic (exact) mass is 447 g/mol. The Bertz CT molecular complexity index is 1180. The molecule has 2 aliphatic rings. The third kappa shape index (κ3) is 4.02. The van der Waals surface area contributed by atoms with E-state index < -0.39 is 11.8 Å². The SMILES string of the molecule is COc1cccc2c1N(C(=O)C(N)=O)C[C@H]2CCN1CCN(c2ccc3[nH]ccc3c2)CC1. The van der Waals surface area contributed by atoms with Crippen LogP contribution in [-0.4, -0.2) is 68.1 Å². The standard InChI is InChI=1S/C25H29N5O3/c1-33-22-4-2-3-20-18(16-30(23(20)22)25(32)24(26)31)8-10-28-11-13-29(14-12-28)19-5-6-21-17(15-19)7-9-27-21/h2-7,9,15,18,27H,8,10-14,16H2,1H3,(H2,26,31)/t18-/m1/s1. The van der Waals surface area contributed by atoms with Crippen LogP contribution in [0.15, 0.2) is 48.7 Å². The highest BCUT2D eigenvalue weighted by atomic mass is 16.5. The first-order valence-corrected chi connectivity index (χ1v) is 11.4. The molecule has 0 bridgehead atoms. The number of aromatic nitrogens is 1. The summed E-state index contributed by atoms with van der Waals surface area (Å²) in [6, 6.07) is 14.4. The van der Waals surface area contributed by atoms with E-state index in [-0.39, 0.29) is 5.92 Å². The lowest BCUT2D eigenvalue weighted by Gasteiger charge is -2.36. The number of aromatic amines is 1. The predicted molar refractivity (Wildman–Crippen MR) is 129 cm³/mol. The molecule has 0 spiro atoms. The summed E-state index contributed by atoms with van der Waals surface area (Å²) >= 11 is 0. The number of nitrogens with one attached hydrogen (secondary N) is 1. The Kier molecular flexibility index (Phi) is 5.68. The number of rotatable bonds is 5. The second-order valence-electron chi connectivity index (χ2n) is 8.74. The first kappa shape index (κ1) is 21.3. The fourth-order valence-electron chi connectivity index (χ4n) is 5.10. The quantitative estimate of drug-likeness (QED) is 0.586. The number of nitrogens with two attached hydrogens (primary N) is 1. The lowest BCUT2D eigenvalue weighted by molar-refractivity contribution is -0.135. The van der Waals surface area contributed by atoms with Crippen LogP contribution in [0, 0.1) is 0 Å². The molecule has 0 aliphatic carbocycles. The first-order valence-electron chi connectivity index (χ1n) is 11.4. The number of hydrogen-bond acceptors (Lipinski definition) is 5. The van der Waals surface area contributed by atoms with Crippen molar-refractivity contribution < 1.29 is 14.3 Å². The van der Waals surface area contributed by atoms with Gasteiger partial charge in [-0.2, -0.15) is 0 Å². The maximum Gasteiger partial charge on any atom is 0.316 e. The summed E-state index contributed by atoms with van der Waals surface area (Å²) in [4.78, 5) is 33.7. The van der Waals surface area contributed by atoms with Gasteiger partial charge in [-0.1, -0.05) is 12.1 Å². The van der Waals surface area contributed by atoms with E-state index in [1.54, 1.807) is 7.11 Å². The minimum atomic E-state index is -0.943. The molecule has 3 heterocycles. The number of primary amides is 1. The smallest absolute Gasteiger partial charge is 0.316 e. The van der Waals surface area contributed by atoms with Crippen molar-refractivity contribution in [2.45, 2.75) is 12.3 Å². The van der Waals surface area contributed by atoms with E-state index in [0.29, 0.717) is 18.0 Å². The van der Waals surface area contributed by atoms with Crippen molar-refractivity contribution in [3.8, 4) is 5.75 Å². The molecule has 2 amide bonds. The van der Waals surface area contributed by atoms with Gasteiger partial charge in [0.05, 0.1) is 12.8 Å². The van der Waals surface area contributed by atoms with E-state index >= 15 is 0 Å². The molecule has 33 heavy (non-hydrogen) atoms. The Morgan fingerprint density at radius 1 is 1.12 bits per heavy atom. The second kappa shape index (κ2) is 8.78. The summed E-state index contributed by atoms with van der Waals surface area (Å²) in [5, 5.41) is 1.24. The van der Waals surface area contributed by atoms with Crippen LogP contribution < -0.4 is 20.3 Å². The number of anilines is 2. The van der Waals surface area contributed by atoms with Crippen LogP contribution in [-0.2, 0) is 9.59 Å². The lowest BCUT2D eigenvalue weighted by Crippen LogP contribution is -2.47. The van der Waals surface area contributed by atoms with Crippen molar-refractivity contribution in [3.05, 3.63) is 54.2 Å². The molecule has 1 fully saturated rings. The fourth-order valence-corrected chi connectivity index (χ4v) is 5.10. The molecule has 2 aliphatic heterocycles. The number of methoxy groups -OCH3 is 1. The third-order valence-corrected chi connectivity index (χ3v) is 6.89. The number of piperazine rings is 1. The van der Waals surface area contributed by atoms with Gasteiger partial charge in [0.15, 0.2) is 0 Å². The fraction of sp³-hybridized carbons (Fsp3) is 0.360. The van der Waals surface area contributed by atoms with Gasteiger partial charge in [0.1, 0.15) is 5.75 Å². The summed E-state index contributed by atoms with van der Waals surface area (Å²) in [5.41, 5.74) is 9.45. The van der Waals surface area contributed by atoms with Crippen molar-refractivity contribution >= 4 is 34.1 Å². The Morgan fingerprint density at radius 3 is 2.70 bits per heavy atom. The average molecular weight is 448 g/mol. The number of H-pyrrole nitrogens is 1. The van der Waals surface area contributed by atoms with Crippen LogP contribution in [0.25, 0.3) is 10.9 Å². The van der Waals surface area contributed by atoms with E-state index in [4.69, 9.17) is 10.5 Å². The zero-order valence-electron chi connectivity index (χ0n) is 18.8. The average Bonchev–Trinajstić information content (AvgIpc) is 3.46. The highest BCUT2D eigenvalue weighted by molar-refractivity contribution is 6.40. The van der Waals surface area contributed by atoms with Crippen LogP contribution in [0.4, 0.5) is 11.4 Å². The first-order chi connectivity index (χ1) is 16.0. The van der Waals surface area contributed by atoms with Crippen LogP contribution in [0.2, 0.25) is 0 Å². The van der Waals surface area contributed by atoms with Crippen LogP contribution in [0.3, 0.4) is 0 Å². The highest BCUT2D eigenvalue weighted by Gasteiger charge is 2.36. The molecule has 8 nitrogen and oxygen atoms in total. The van der Waals surface area contributed by atoms with Gasteiger partial charge in [-0.15, -0.1) is 0 Å². The van der Waals surface area contributed by atoms with E-state index in [9.17, 15) is 9.59 Å². The Balaban J connectivity index is 1.22. The van der Waals surface area contributed by atoms with Gasteiger partial charge >= 0.3 is 11.8 Å². The number of hydrogen-bond donors (Lipinski definition) is 2. The van der Waals surface area contributed by atoms with Gasteiger partial charge in [-0.05, 0) is 48.9 Å². The van der Waals surface area contributed by atoms with Crippen molar-refractivity contribution in [2.24, 2.45) is 5.73 Å². The maximum atomic E-state index is 12.4. The second-order valence-corrected chi connectivity index (χ2v) is 8.74. The number of carbonyl (C=O) groups is 2. The zero-order valence-corrected chi connectivity index (χ0v) is 18.8. The molecule has 0 saturated carbocycles. The minimum Gasteiger partial charge on any atom is -0.495 e. The molecule has 5 rings (SSSR count). The number of ether oxygens (including phenoxy) is 1. The number of benzene rings is 2. The van der Waals surface area contributed by atoms with E-state index in [1.807, 2.05) is 24.4 Å². The van der Waals surface area contributed by atoms with Gasteiger partial charge in [-0.3, -0.25) is 19.4 Å². The molecule has 1 aromatic heterocycles. The minimum absolute atomic E-state index is 0.146. The predicted octanol–water partition coefficient (Wildman–Crippen LogP) is 2.30. The van der Waals surface area contributed by atoms with Gasteiger partial charge in [-0.25, -0.2) is 0 Å². The molecule has 0 unspecified atom stereocenters. The van der Waals surface area contributed by atoms with Crippen molar-refractivity contribution in [2.75, 3.05) is 56.2 Å². The molecule has 3 aromatic rings. The molecular weight excluding hydrogens is 418 g/mol. The van der Waals surface area contributed by atoms with Gasteiger partial charge < -0.3 is 20.4 Å². The normalized spacial score (nSPS) is 18.5.